The highest BCUT2D eigenvalue weighted by Gasteiger charge is 2.63. The van der Waals surface area contributed by atoms with Crippen LogP contribution < -0.4 is 11.1 Å². The Kier molecular flexibility index (Phi) is 6.97. The van der Waals surface area contributed by atoms with Crippen molar-refractivity contribution in [3.05, 3.63) is 51.5 Å². The maximum Gasteiger partial charge on any atom is 0.407 e. The summed E-state index contributed by atoms with van der Waals surface area (Å²) in [5.74, 6) is -7.10. The molecule has 4 atom stereocenters. The number of ether oxygens (including phenoxy) is 1. The third kappa shape index (κ3) is 4.00. The summed E-state index contributed by atoms with van der Waals surface area (Å²) in [4.78, 5) is 52.4. The van der Waals surface area contributed by atoms with Crippen molar-refractivity contribution in [3.63, 3.8) is 0 Å². The topological polar surface area (TPSA) is 200 Å². The molecule has 0 spiro atoms. The number of ketones is 2. The van der Waals surface area contributed by atoms with Gasteiger partial charge in [0.2, 0.25) is 5.78 Å². The molecule has 1 aromatic rings. The molecule has 0 saturated carbocycles. The fraction of sp³-hybridized carbons (Fsp3) is 0.462. The Morgan fingerprint density at radius 2 is 1.89 bits per heavy atom. The number of benzene rings is 1. The molecule has 1 aromatic carbocycles. The Hall–Kier alpha value is -3.90. The van der Waals surface area contributed by atoms with Gasteiger partial charge < -0.3 is 36.2 Å². The van der Waals surface area contributed by atoms with Crippen molar-refractivity contribution >= 4 is 23.6 Å². The number of nitrogens with two attached hydrogens (primary N) is 1. The van der Waals surface area contributed by atoms with Crippen molar-refractivity contribution in [1.29, 1.82) is 0 Å². The number of aliphatic hydroxyl groups excluding tert-OH is 2. The number of primary amides is 1. The Balaban J connectivity index is 1.81. The van der Waals surface area contributed by atoms with Crippen LogP contribution >= 0.6 is 0 Å². The van der Waals surface area contributed by atoms with Gasteiger partial charge in [-0.05, 0) is 56.5 Å². The highest BCUT2D eigenvalue weighted by atomic mass is 16.5. The summed E-state index contributed by atoms with van der Waals surface area (Å²) in [6, 6.07) is 1.78. The number of aliphatic hydroxyl groups is 3. The van der Waals surface area contributed by atoms with Crippen LogP contribution in [0.2, 0.25) is 0 Å². The van der Waals surface area contributed by atoms with Crippen molar-refractivity contribution in [2.75, 3.05) is 20.7 Å². The van der Waals surface area contributed by atoms with Crippen molar-refractivity contribution < 1.29 is 44.3 Å². The van der Waals surface area contributed by atoms with Crippen LogP contribution in [0.4, 0.5) is 4.79 Å². The first kappa shape index (κ1) is 27.1. The van der Waals surface area contributed by atoms with Gasteiger partial charge in [0.25, 0.3) is 5.91 Å². The molecule has 0 bridgehead atoms. The Morgan fingerprint density at radius 1 is 1.21 bits per heavy atom. The number of phenols is 1. The molecular weight excluding hydrogens is 498 g/mol. The monoisotopic (exact) mass is 529 g/mol. The van der Waals surface area contributed by atoms with Crippen molar-refractivity contribution in [3.8, 4) is 5.75 Å². The zero-order valence-electron chi connectivity index (χ0n) is 21.3. The van der Waals surface area contributed by atoms with E-state index in [9.17, 15) is 39.6 Å². The fourth-order valence-corrected chi connectivity index (χ4v) is 5.89. The molecule has 0 unspecified atom stereocenters. The van der Waals surface area contributed by atoms with Crippen LogP contribution in [0.5, 0.6) is 5.75 Å². The minimum atomic E-state index is -2.69. The van der Waals surface area contributed by atoms with E-state index in [2.05, 4.69) is 5.32 Å². The lowest BCUT2D eigenvalue weighted by molar-refractivity contribution is -0.148. The van der Waals surface area contributed by atoms with E-state index in [0.29, 0.717) is 17.5 Å². The van der Waals surface area contributed by atoms with Gasteiger partial charge in [0.05, 0.1) is 18.2 Å². The molecular formula is C26H31N3O9. The molecule has 0 aliphatic heterocycles. The molecule has 12 heteroatoms. The van der Waals surface area contributed by atoms with E-state index in [4.69, 9.17) is 10.5 Å². The SMILES string of the molecule is CCCOC(=O)NCc1ccc(O)c2c1C[C@H]1C[C@H]3[C@H](N(C)C)C(O)=C(C(N)=O)C(=O)[C@@]3(O)C(O)=C1C2=O. The maximum atomic E-state index is 13.7. The van der Waals surface area contributed by atoms with Gasteiger partial charge in [-0.1, -0.05) is 13.0 Å². The van der Waals surface area contributed by atoms with Crippen LogP contribution in [-0.2, 0) is 27.3 Å². The minimum Gasteiger partial charge on any atom is -0.510 e. The average Bonchev–Trinajstić information content (AvgIpc) is 2.84. The molecule has 7 N–H and O–H groups in total. The first-order valence-electron chi connectivity index (χ1n) is 12.2. The van der Waals surface area contributed by atoms with E-state index >= 15 is 0 Å². The van der Waals surface area contributed by atoms with Crippen molar-refractivity contribution in [2.45, 2.75) is 44.4 Å². The van der Waals surface area contributed by atoms with Crippen LogP contribution in [-0.4, -0.2) is 81.2 Å². The fourth-order valence-electron chi connectivity index (χ4n) is 5.89. The predicted octanol–water partition coefficient (Wildman–Crippen LogP) is 0.757. The summed E-state index contributed by atoms with van der Waals surface area (Å²) >= 11 is 0. The van der Waals surface area contributed by atoms with Crippen LogP contribution in [0.25, 0.3) is 0 Å². The van der Waals surface area contributed by atoms with Crippen LogP contribution in [0.3, 0.4) is 0 Å². The second kappa shape index (κ2) is 9.76. The molecule has 12 nitrogen and oxygen atoms in total. The molecule has 3 aliphatic carbocycles. The van der Waals surface area contributed by atoms with Crippen LogP contribution in [0, 0.1) is 11.8 Å². The van der Waals surface area contributed by atoms with Gasteiger partial charge in [0.1, 0.15) is 22.8 Å². The van der Waals surface area contributed by atoms with Crippen LogP contribution in [0.15, 0.2) is 34.8 Å². The summed E-state index contributed by atoms with van der Waals surface area (Å²) in [5, 5.41) is 46.9. The van der Waals surface area contributed by atoms with Gasteiger partial charge >= 0.3 is 6.09 Å². The van der Waals surface area contributed by atoms with Gasteiger partial charge in [0.15, 0.2) is 11.4 Å². The molecule has 0 heterocycles. The third-order valence-electron chi connectivity index (χ3n) is 7.56. The number of carbonyl (C=O) groups is 4. The quantitative estimate of drug-likeness (QED) is 0.286. The number of carbonyl (C=O) groups excluding carboxylic acids is 4. The van der Waals surface area contributed by atoms with Gasteiger partial charge in [-0.2, -0.15) is 0 Å². The molecule has 38 heavy (non-hydrogen) atoms. The van der Waals surface area contributed by atoms with Gasteiger partial charge in [0, 0.05) is 18.0 Å². The van der Waals surface area contributed by atoms with E-state index in [-0.39, 0.29) is 42.9 Å². The summed E-state index contributed by atoms with van der Waals surface area (Å²) in [6.45, 7) is 2.10. The molecule has 204 valence electrons. The lowest BCUT2D eigenvalue weighted by Gasteiger charge is -2.50. The number of fused-ring (bicyclic) bond motifs is 3. The standard InChI is InChI=1S/C26H31N3O9/c1-4-7-38-25(36)28-10-11-5-6-15(30)17-13(11)8-12-9-14-19(29(2)3)21(32)18(24(27)35)23(34)26(14,37)22(33)16(12)20(17)31/h5-6,12,14,19,30,32-33,37H,4,7-10H2,1-3H3,(H2,27,35)(H,28,36)/t12-,14-,19-,26-/m0/s1. The predicted molar refractivity (Wildman–Crippen MR) is 132 cm³/mol. The van der Waals surface area contributed by atoms with E-state index in [1.165, 1.54) is 11.0 Å². The maximum absolute atomic E-state index is 13.7. The number of likely N-dealkylation sites (N-methyl/N-ethyl adjacent to an activating group) is 1. The molecule has 0 saturated heterocycles. The summed E-state index contributed by atoms with van der Waals surface area (Å²) in [5.41, 5.74) is 2.41. The van der Waals surface area contributed by atoms with E-state index in [1.54, 1.807) is 20.2 Å². The minimum absolute atomic E-state index is 0.00780. The number of Topliss-reactive ketones (excluding diaryl/α,β-unsaturated/α-hetero) is 2. The lowest BCUT2D eigenvalue weighted by Crippen LogP contribution is -2.63. The number of hydrogen-bond donors (Lipinski definition) is 6. The number of nitrogens with zero attached hydrogens (tertiary/aromatic N) is 1. The van der Waals surface area contributed by atoms with Crippen molar-refractivity contribution in [2.24, 2.45) is 17.6 Å². The van der Waals surface area contributed by atoms with Gasteiger partial charge in [-0.15, -0.1) is 0 Å². The number of allylic oxidation sites excluding steroid dienone is 1. The molecule has 0 radical (unpaired) electrons. The first-order valence-corrected chi connectivity index (χ1v) is 12.2. The number of amides is 2. The number of phenolic OH excluding ortho intramolecular Hbond substituents is 1. The normalized spacial score (nSPS) is 26.6. The second-order valence-corrected chi connectivity index (χ2v) is 10.0. The highest BCUT2D eigenvalue weighted by Crippen LogP contribution is 2.52. The van der Waals surface area contributed by atoms with Crippen molar-refractivity contribution in [1.82, 2.24) is 10.2 Å². The molecule has 3 aliphatic rings. The van der Waals surface area contributed by atoms with E-state index in [0.717, 1.165) is 0 Å². The smallest absolute Gasteiger partial charge is 0.407 e. The number of nitrogens with one attached hydrogen (secondary N) is 1. The Bertz CT molecular complexity index is 1300. The molecule has 2 amide bonds. The average molecular weight is 530 g/mol. The highest BCUT2D eigenvalue weighted by molar-refractivity contribution is 6.24. The zero-order chi connectivity index (χ0) is 28.1. The zero-order valence-corrected chi connectivity index (χ0v) is 21.3. The largest absolute Gasteiger partial charge is 0.510 e. The summed E-state index contributed by atoms with van der Waals surface area (Å²) in [6.07, 6.45) is 0.113. The first-order chi connectivity index (χ1) is 17.9. The number of hydrogen-bond acceptors (Lipinski definition) is 10. The Morgan fingerprint density at radius 3 is 2.50 bits per heavy atom. The number of alkyl carbamates (subject to hydrolysis) is 1. The summed E-state index contributed by atoms with van der Waals surface area (Å²) in [7, 11) is 3.12. The molecule has 0 fully saturated rings. The second-order valence-electron chi connectivity index (χ2n) is 10.0. The lowest BCUT2D eigenvalue weighted by atomic mass is 9.58. The Labute approximate surface area is 218 Å². The van der Waals surface area contributed by atoms with Gasteiger partial charge in [-0.3, -0.25) is 19.3 Å². The molecule has 4 rings (SSSR count). The van der Waals surface area contributed by atoms with Gasteiger partial charge in [-0.25, -0.2) is 4.79 Å². The number of aromatic hydroxyl groups is 1. The van der Waals surface area contributed by atoms with E-state index in [1.807, 2.05) is 6.92 Å². The molecule has 0 aromatic heterocycles. The number of rotatable bonds is 6. The van der Waals surface area contributed by atoms with E-state index < -0.39 is 64.1 Å². The third-order valence-corrected chi connectivity index (χ3v) is 7.56. The summed E-state index contributed by atoms with van der Waals surface area (Å²) < 4.78 is 5.02. The van der Waals surface area contributed by atoms with Crippen LogP contribution in [0.1, 0.15) is 41.3 Å².